The van der Waals surface area contributed by atoms with Crippen molar-refractivity contribution in [2.45, 2.75) is 38.2 Å². The van der Waals surface area contributed by atoms with Gasteiger partial charge in [-0.05, 0) is 25.1 Å². The molecule has 1 fully saturated rings. The van der Waals surface area contributed by atoms with E-state index in [-0.39, 0.29) is 18.6 Å². The van der Waals surface area contributed by atoms with Crippen molar-refractivity contribution in [2.75, 3.05) is 6.61 Å². The molecule has 1 aliphatic rings. The van der Waals surface area contributed by atoms with Crippen LogP contribution in [0.1, 0.15) is 39.3 Å². The number of nitrogens with one attached hydrogen (secondary N) is 1. The van der Waals surface area contributed by atoms with Crippen molar-refractivity contribution in [3.63, 3.8) is 0 Å². The summed E-state index contributed by atoms with van der Waals surface area (Å²) in [6, 6.07) is 5.34. The zero-order valence-electron chi connectivity index (χ0n) is 15.2. The van der Waals surface area contributed by atoms with E-state index in [1.54, 1.807) is 24.5 Å². The second-order valence-corrected chi connectivity index (χ2v) is 7.78. The van der Waals surface area contributed by atoms with Crippen LogP contribution in [0.2, 0.25) is 0 Å². The first kappa shape index (κ1) is 18.9. The summed E-state index contributed by atoms with van der Waals surface area (Å²) in [6.45, 7) is 1.93. The van der Waals surface area contributed by atoms with E-state index in [0.29, 0.717) is 29.7 Å². The summed E-state index contributed by atoms with van der Waals surface area (Å²) < 4.78 is 6.60. The molecule has 0 spiro atoms. The molecule has 0 aliphatic carbocycles. The minimum atomic E-state index is -0.701. The Hall–Kier alpha value is -2.46. The molecular formula is C19H20N4O4S. The predicted molar refractivity (Wildman–Crippen MR) is 103 cm³/mol. The fourth-order valence-electron chi connectivity index (χ4n) is 3.06. The van der Waals surface area contributed by atoms with Gasteiger partial charge in [-0.2, -0.15) is 0 Å². The lowest BCUT2D eigenvalue weighted by Gasteiger charge is -2.09. The molecule has 3 atom stereocenters. The highest BCUT2D eigenvalue weighted by molar-refractivity contribution is 7.18. The van der Waals surface area contributed by atoms with Gasteiger partial charge in [0.25, 0.3) is 5.91 Å². The van der Waals surface area contributed by atoms with Crippen molar-refractivity contribution in [3.05, 3.63) is 52.6 Å². The Morgan fingerprint density at radius 2 is 2.21 bits per heavy atom. The molecule has 3 heterocycles. The third-order valence-corrected chi connectivity index (χ3v) is 5.74. The summed E-state index contributed by atoms with van der Waals surface area (Å²) in [4.78, 5) is 25.4. The monoisotopic (exact) mass is 400 g/mol. The number of nitrogens with zero attached hydrogens (tertiary/aromatic N) is 3. The topological polar surface area (TPSA) is 117 Å². The van der Waals surface area contributed by atoms with E-state index < -0.39 is 12.2 Å². The maximum Gasteiger partial charge on any atom is 0.251 e. The number of aliphatic hydroxyl groups excluding tert-OH is 2. The first-order valence-electron chi connectivity index (χ1n) is 8.94. The molecule has 1 saturated heterocycles. The average Bonchev–Trinajstić information content (AvgIpc) is 3.29. The lowest BCUT2D eigenvalue weighted by Crippen LogP contribution is -2.24. The summed E-state index contributed by atoms with van der Waals surface area (Å²) in [5, 5.41) is 22.7. The van der Waals surface area contributed by atoms with E-state index in [9.17, 15) is 15.0 Å². The zero-order chi connectivity index (χ0) is 19.7. The van der Waals surface area contributed by atoms with Crippen LogP contribution in [-0.4, -0.2) is 49.9 Å². The number of aryl methyl sites for hydroxylation is 1. The molecule has 3 aromatic rings. The van der Waals surface area contributed by atoms with Gasteiger partial charge in [0, 0.05) is 18.2 Å². The van der Waals surface area contributed by atoms with E-state index in [0.717, 1.165) is 15.4 Å². The van der Waals surface area contributed by atoms with Crippen LogP contribution >= 0.6 is 11.3 Å². The number of hydrogen-bond donors (Lipinski definition) is 3. The standard InChI is InChI=1S/C19H20N4O4S/c1-10-6-21-12(7-20-10)8-22-18(26)11-2-3-17-13(4-11)23-19(28-17)15-5-14(25)16(9-24)27-15/h2-4,6-7,14-16,24-25H,5,8-9H2,1H3,(H,22,26)/t14-,15+,16+/m0/s1. The molecular weight excluding hydrogens is 380 g/mol. The lowest BCUT2D eigenvalue weighted by molar-refractivity contribution is -0.0225. The number of benzene rings is 1. The molecule has 0 bridgehead atoms. The van der Waals surface area contributed by atoms with Crippen LogP contribution in [0, 0.1) is 6.92 Å². The fourth-order valence-corrected chi connectivity index (χ4v) is 4.06. The Balaban J connectivity index is 1.47. The number of fused-ring (bicyclic) bond motifs is 1. The van der Waals surface area contributed by atoms with Gasteiger partial charge < -0.3 is 20.3 Å². The number of carbonyl (C=O) groups is 1. The van der Waals surface area contributed by atoms with Gasteiger partial charge >= 0.3 is 0 Å². The van der Waals surface area contributed by atoms with E-state index in [1.807, 2.05) is 13.0 Å². The van der Waals surface area contributed by atoms with Crippen molar-refractivity contribution in [3.8, 4) is 0 Å². The molecule has 1 aromatic carbocycles. The third kappa shape index (κ3) is 3.88. The largest absolute Gasteiger partial charge is 0.394 e. The minimum Gasteiger partial charge on any atom is -0.394 e. The molecule has 0 saturated carbocycles. The third-order valence-electron chi connectivity index (χ3n) is 4.61. The fraction of sp³-hybridized carbons (Fsp3) is 0.368. The molecule has 28 heavy (non-hydrogen) atoms. The number of carbonyl (C=O) groups excluding carboxylic acids is 1. The number of aliphatic hydroxyl groups is 2. The van der Waals surface area contributed by atoms with Crippen LogP contribution in [-0.2, 0) is 11.3 Å². The lowest BCUT2D eigenvalue weighted by atomic mass is 10.1. The molecule has 0 radical (unpaired) electrons. The van der Waals surface area contributed by atoms with Crippen LogP contribution < -0.4 is 5.32 Å². The van der Waals surface area contributed by atoms with Crippen molar-refractivity contribution < 1.29 is 19.7 Å². The molecule has 0 unspecified atom stereocenters. The molecule has 9 heteroatoms. The SMILES string of the molecule is Cc1cnc(CNC(=O)c2ccc3sc([C@H]4C[C@H](O)[C@@H](CO)O4)nc3c2)cn1. The molecule has 2 aromatic heterocycles. The average molecular weight is 400 g/mol. The number of hydrogen-bond acceptors (Lipinski definition) is 8. The number of thiazole rings is 1. The van der Waals surface area contributed by atoms with Gasteiger partial charge in [-0.3, -0.25) is 14.8 Å². The molecule has 146 valence electrons. The summed E-state index contributed by atoms with van der Waals surface area (Å²) in [5.41, 5.74) is 2.72. The van der Waals surface area contributed by atoms with Crippen molar-refractivity contribution in [2.24, 2.45) is 0 Å². The van der Waals surface area contributed by atoms with Crippen LogP contribution in [0.5, 0.6) is 0 Å². The van der Waals surface area contributed by atoms with E-state index in [2.05, 4.69) is 20.3 Å². The molecule has 1 amide bonds. The summed E-state index contributed by atoms with van der Waals surface area (Å²) in [7, 11) is 0. The second-order valence-electron chi connectivity index (χ2n) is 6.72. The summed E-state index contributed by atoms with van der Waals surface area (Å²) in [5.74, 6) is -0.216. The highest BCUT2D eigenvalue weighted by Crippen LogP contribution is 2.37. The number of aromatic nitrogens is 3. The number of ether oxygens (including phenoxy) is 1. The Morgan fingerprint density at radius 1 is 1.36 bits per heavy atom. The maximum atomic E-state index is 12.4. The zero-order valence-corrected chi connectivity index (χ0v) is 16.0. The molecule has 3 N–H and O–H groups in total. The highest BCUT2D eigenvalue weighted by atomic mass is 32.1. The second kappa shape index (κ2) is 7.88. The van der Waals surface area contributed by atoms with E-state index in [1.165, 1.54) is 11.3 Å². The van der Waals surface area contributed by atoms with Gasteiger partial charge in [-0.15, -0.1) is 11.3 Å². The van der Waals surface area contributed by atoms with Gasteiger partial charge in [-0.25, -0.2) is 4.98 Å². The smallest absolute Gasteiger partial charge is 0.251 e. The van der Waals surface area contributed by atoms with Gasteiger partial charge in [0.2, 0.25) is 0 Å². The summed E-state index contributed by atoms with van der Waals surface area (Å²) >= 11 is 1.46. The van der Waals surface area contributed by atoms with Crippen molar-refractivity contribution in [1.29, 1.82) is 0 Å². The van der Waals surface area contributed by atoms with Crippen LogP contribution in [0.3, 0.4) is 0 Å². The Morgan fingerprint density at radius 3 is 2.93 bits per heavy atom. The van der Waals surface area contributed by atoms with Crippen molar-refractivity contribution >= 4 is 27.5 Å². The molecule has 8 nitrogen and oxygen atoms in total. The van der Waals surface area contributed by atoms with Crippen LogP contribution in [0.25, 0.3) is 10.2 Å². The van der Waals surface area contributed by atoms with Gasteiger partial charge in [0.1, 0.15) is 17.2 Å². The predicted octanol–water partition coefficient (Wildman–Crippen LogP) is 1.51. The van der Waals surface area contributed by atoms with E-state index in [4.69, 9.17) is 4.74 Å². The Kier molecular flexibility index (Phi) is 5.31. The quantitative estimate of drug-likeness (QED) is 0.594. The first-order valence-corrected chi connectivity index (χ1v) is 9.75. The minimum absolute atomic E-state index is 0.216. The number of amides is 1. The Labute approximate surface area is 165 Å². The van der Waals surface area contributed by atoms with E-state index >= 15 is 0 Å². The molecule has 4 rings (SSSR count). The highest BCUT2D eigenvalue weighted by Gasteiger charge is 2.35. The maximum absolute atomic E-state index is 12.4. The van der Waals surface area contributed by atoms with Gasteiger partial charge in [0.15, 0.2) is 0 Å². The van der Waals surface area contributed by atoms with Crippen LogP contribution in [0.15, 0.2) is 30.6 Å². The van der Waals surface area contributed by atoms with Gasteiger partial charge in [-0.1, -0.05) is 0 Å². The van der Waals surface area contributed by atoms with Gasteiger partial charge in [0.05, 0.1) is 47.1 Å². The Bertz CT molecular complexity index is 991. The molecule has 1 aliphatic heterocycles. The normalized spacial score (nSPS) is 21.9. The van der Waals surface area contributed by atoms with Crippen molar-refractivity contribution in [1.82, 2.24) is 20.3 Å². The number of rotatable bonds is 5. The van der Waals surface area contributed by atoms with Crippen LogP contribution in [0.4, 0.5) is 0 Å². The first-order chi connectivity index (χ1) is 13.5. The summed E-state index contributed by atoms with van der Waals surface area (Å²) in [6.07, 6.45) is 2.07.